The highest BCUT2D eigenvalue weighted by Crippen LogP contribution is 2.08. The molecule has 8 heteroatoms. The summed E-state index contributed by atoms with van der Waals surface area (Å²) in [4.78, 5) is 50.8. The third-order valence-corrected chi connectivity index (χ3v) is 3.44. The van der Waals surface area contributed by atoms with Gasteiger partial charge in [0.15, 0.2) is 12.0 Å². The molecule has 0 spiro atoms. The number of esters is 1. The van der Waals surface area contributed by atoms with Gasteiger partial charge in [0.1, 0.15) is 5.69 Å². The zero-order chi connectivity index (χ0) is 16.4. The number of benzene rings is 1. The Morgan fingerprint density at radius 3 is 2.74 bits per heavy atom. The van der Waals surface area contributed by atoms with Gasteiger partial charge in [-0.3, -0.25) is 14.5 Å². The first kappa shape index (κ1) is 14.8. The van der Waals surface area contributed by atoms with Crippen molar-refractivity contribution in [2.45, 2.75) is 0 Å². The minimum atomic E-state index is -0.833. The lowest BCUT2D eigenvalue weighted by Crippen LogP contribution is -2.37. The topological polar surface area (TPSA) is 109 Å². The van der Waals surface area contributed by atoms with Gasteiger partial charge in [-0.05, 0) is 12.1 Å². The maximum atomic E-state index is 12.0. The molecule has 1 aliphatic rings. The minimum Gasteiger partial charge on any atom is -0.451 e. The van der Waals surface area contributed by atoms with E-state index in [1.165, 1.54) is 0 Å². The fourth-order valence-electron chi connectivity index (χ4n) is 2.30. The molecule has 0 atom stereocenters. The monoisotopic (exact) mass is 315 g/mol. The number of amides is 3. The van der Waals surface area contributed by atoms with E-state index in [0.717, 1.165) is 11.0 Å². The van der Waals surface area contributed by atoms with Crippen LogP contribution in [0.25, 0.3) is 10.9 Å². The maximum Gasteiger partial charge on any atom is 0.355 e. The molecule has 0 bridgehead atoms. The molecule has 1 fully saturated rings. The number of carbonyl (C=O) groups is 3. The molecule has 3 rings (SSSR count). The van der Waals surface area contributed by atoms with Gasteiger partial charge in [0.25, 0.3) is 5.91 Å². The van der Waals surface area contributed by atoms with Gasteiger partial charge in [-0.2, -0.15) is 0 Å². The molecule has 2 N–H and O–H groups in total. The van der Waals surface area contributed by atoms with Gasteiger partial charge in [0, 0.05) is 30.1 Å². The molecule has 1 saturated heterocycles. The predicted octanol–water partition coefficient (Wildman–Crippen LogP) is 0.237. The van der Waals surface area contributed by atoms with E-state index in [-0.39, 0.29) is 17.7 Å². The van der Waals surface area contributed by atoms with Crippen LogP contribution in [0.1, 0.15) is 10.5 Å². The summed E-state index contributed by atoms with van der Waals surface area (Å²) in [6.45, 7) is 0.0413. The SMILES string of the molecule is O=C(OCC(=O)N1CCNC1=O)c1cc(=O)c2ccccc2[nH]1. The van der Waals surface area contributed by atoms with Crippen LogP contribution in [0.15, 0.2) is 35.1 Å². The number of urea groups is 1. The minimum absolute atomic E-state index is 0.0487. The lowest BCUT2D eigenvalue weighted by atomic mass is 10.2. The molecular formula is C15H13N3O5. The van der Waals surface area contributed by atoms with Crippen LogP contribution in [-0.4, -0.2) is 47.5 Å². The number of pyridine rings is 1. The Balaban J connectivity index is 1.72. The number of aromatic amines is 1. The molecule has 0 radical (unpaired) electrons. The van der Waals surface area contributed by atoms with Crippen molar-refractivity contribution < 1.29 is 19.1 Å². The van der Waals surface area contributed by atoms with Crippen LogP contribution in [0.2, 0.25) is 0 Å². The molecule has 118 valence electrons. The lowest BCUT2D eigenvalue weighted by molar-refractivity contribution is -0.130. The number of hydrogen-bond acceptors (Lipinski definition) is 5. The van der Waals surface area contributed by atoms with Crippen LogP contribution in [0.4, 0.5) is 4.79 Å². The molecule has 3 amide bonds. The van der Waals surface area contributed by atoms with E-state index in [2.05, 4.69) is 10.3 Å². The lowest BCUT2D eigenvalue weighted by Gasteiger charge is -2.12. The van der Waals surface area contributed by atoms with Crippen LogP contribution in [-0.2, 0) is 9.53 Å². The Kier molecular flexibility index (Phi) is 3.80. The van der Waals surface area contributed by atoms with Crippen LogP contribution >= 0.6 is 0 Å². The standard InChI is InChI=1S/C15H13N3O5/c19-12-7-11(17-10-4-2-1-3-9(10)12)14(21)23-8-13(20)18-6-5-16-15(18)22/h1-4,7H,5-6,8H2,(H,16,22)(H,17,19). The first-order chi connectivity index (χ1) is 11.1. The average molecular weight is 315 g/mol. The van der Waals surface area contributed by atoms with E-state index in [0.29, 0.717) is 17.4 Å². The molecular weight excluding hydrogens is 302 g/mol. The average Bonchev–Trinajstić information content (AvgIpc) is 2.98. The van der Waals surface area contributed by atoms with Crippen LogP contribution in [0, 0.1) is 0 Å². The Hall–Kier alpha value is -3.16. The highest BCUT2D eigenvalue weighted by atomic mass is 16.5. The molecule has 1 aromatic carbocycles. The third kappa shape index (κ3) is 2.91. The number of nitrogens with zero attached hydrogens (tertiary/aromatic N) is 1. The third-order valence-electron chi connectivity index (χ3n) is 3.44. The summed E-state index contributed by atoms with van der Waals surface area (Å²) in [5.41, 5.74) is 0.126. The van der Waals surface area contributed by atoms with Crippen molar-refractivity contribution >= 4 is 28.8 Å². The van der Waals surface area contributed by atoms with Gasteiger partial charge in [-0.25, -0.2) is 9.59 Å². The number of imide groups is 1. The van der Waals surface area contributed by atoms with Crippen molar-refractivity contribution in [3.05, 3.63) is 46.2 Å². The van der Waals surface area contributed by atoms with Crippen molar-refractivity contribution in [1.82, 2.24) is 15.2 Å². The Morgan fingerprint density at radius 1 is 1.22 bits per heavy atom. The highest BCUT2D eigenvalue weighted by molar-refractivity contribution is 5.98. The smallest absolute Gasteiger partial charge is 0.355 e. The summed E-state index contributed by atoms with van der Waals surface area (Å²) >= 11 is 0. The van der Waals surface area contributed by atoms with Crippen molar-refractivity contribution in [2.75, 3.05) is 19.7 Å². The number of para-hydroxylation sites is 1. The summed E-state index contributed by atoms with van der Waals surface area (Å²) in [7, 11) is 0. The molecule has 0 saturated carbocycles. The number of ether oxygens (including phenoxy) is 1. The van der Waals surface area contributed by atoms with Gasteiger partial charge < -0.3 is 15.0 Å². The number of hydrogen-bond donors (Lipinski definition) is 2. The molecule has 23 heavy (non-hydrogen) atoms. The molecule has 8 nitrogen and oxygen atoms in total. The second-order valence-electron chi connectivity index (χ2n) is 4.95. The number of fused-ring (bicyclic) bond motifs is 1. The Morgan fingerprint density at radius 2 is 2.00 bits per heavy atom. The zero-order valence-corrected chi connectivity index (χ0v) is 12.0. The van der Waals surface area contributed by atoms with Crippen molar-refractivity contribution in [2.24, 2.45) is 0 Å². The van der Waals surface area contributed by atoms with E-state index >= 15 is 0 Å². The van der Waals surface area contributed by atoms with Gasteiger partial charge in [-0.1, -0.05) is 12.1 Å². The zero-order valence-electron chi connectivity index (χ0n) is 12.0. The van der Waals surface area contributed by atoms with Crippen LogP contribution < -0.4 is 10.7 Å². The van der Waals surface area contributed by atoms with Gasteiger partial charge in [0.05, 0.1) is 0 Å². The Bertz CT molecular complexity index is 858. The second kappa shape index (κ2) is 5.91. The van der Waals surface area contributed by atoms with Gasteiger partial charge >= 0.3 is 12.0 Å². The molecule has 1 aromatic heterocycles. The van der Waals surface area contributed by atoms with Crippen LogP contribution in [0.3, 0.4) is 0 Å². The number of aromatic nitrogens is 1. The van der Waals surface area contributed by atoms with Gasteiger partial charge in [-0.15, -0.1) is 0 Å². The highest BCUT2D eigenvalue weighted by Gasteiger charge is 2.27. The summed E-state index contributed by atoms with van der Waals surface area (Å²) in [5, 5.41) is 2.93. The number of rotatable bonds is 3. The largest absolute Gasteiger partial charge is 0.451 e. The fraction of sp³-hybridized carbons (Fsp3) is 0.200. The number of H-pyrrole nitrogens is 1. The predicted molar refractivity (Wildman–Crippen MR) is 80.0 cm³/mol. The Labute approximate surface area is 130 Å². The molecule has 0 unspecified atom stereocenters. The van der Waals surface area contributed by atoms with E-state index in [1.54, 1.807) is 24.3 Å². The maximum absolute atomic E-state index is 12.0. The normalized spacial score (nSPS) is 13.9. The molecule has 1 aliphatic heterocycles. The van der Waals surface area contributed by atoms with E-state index in [9.17, 15) is 19.2 Å². The summed E-state index contributed by atoms with van der Waals surface area (Å²) in [6.07, 6.45) is 0. The fourth-order valence-corrected chi connectivity index (χ4v) is 2.30. The molecule has 2 aromatic rings. The van der Waals surface area contributed by atoms with E-state index in [1.807, 2.05) is 0 Å². The molecule has 2 heterocycles. The summed E-state index contributed by atoms with van der Waals surface area (Å²) in [6, 6.07) is 7.35. The quantitative estimate of drug-likeness (QED) is 0.789. The summed E-state index contributed by atoms with van der Waals surface area (Å²) in [5.74, 6) is -1.45. The summed E-state index contributed by atoms with van der Waals surface area (Å²) < 4.78 is 4.87. The van der Waals surface area contributed by atoms with E-state index < -0.39 is 24.5 Å². The molecule has 0 aliphatic carbocycles. The van der Waals surface area contributed by atoms with E-state index in [4.69, 9.17) is 4.74 Å². The van der Waals surface area contributed by atoms with Crippen molar-refractivity contribution in [3.63, 3.8) is 0 Å². The number of carbonyl (C=O) groups excluding carboxylic acids is 3. The second-order valence-corrected chi connectivity index (χ2v) is 4.95. The van der Waals surface area contributed by atoms with Crippen molar-refractivity contribution in [1.29, 1.82) is 0 Å². The first-order valence-corrected chi connectivity index (χ1v) is 6.93. The van der Waals surface area contributed by atoms with Crippen LogP contribution in [0.5, 0.6) is 0 Å². The van der Waals surface area contributed by atoms with Gasteiger partial charge in [0.2, 0.25) is 0 Å². The first-order valence-electron chi connectivity index (χ1n) is 6.93. The van der Waals surface area contributed by atoms with Crippen molar-refractivity contribution in [3.8, 4) is 0 Å². The number of nitrogens with one attached hydrogen (secondary N) is 2.